The summed E-state index contributed by atoms with van der Waals surface area (Å²) in [5, 5.41) is 9.51. The summed E-state index contributed by atoms with van der Waals surface area (Å²) in [7, 11) is 0. The molecule has 1 N–H and O–H groups in total. The van der Waals surface area contributed by atoms with Crippen molar-refractivity contribution in [1.82, 2.24) is 15.2 Å². The average molecular weight is 345 g/mol. The topological polar surface area (TPSA) is 69.3 Å². The molecule has 3 aromatic rings. The van der Waals surface area contributed by atoms with E-state index < -0.39 is 0 Å². The molecule has 0 unspecified atom stereocenters. The molecule has 1 aromatic carbocycles. The summed E-state index contributed by atoms with van der Waals surface area (Å²) in [6, 6.07) is 6.00. The highest BCUT2D eigenvalue weighted by atomic mass is 32.1. The molecule has 1 aliphatic rings. The van der Waals surface area contributed by atoms with Crippen molar-refractivity contribution < 1.29 is 14.2 Å². The van der Waals surface area contributed by atoms with E-state index in [9.17, 15) is 0 Å². The first-order valence-electron chi connectivity index (χ1n) is 8.05. The highest BCUT2D eigenvalue weighted by Gasteiger charge is 2.14. The Balaban J connectivity index is 1.71. The second-order valence-electron chi connectivity index (χ2n) is 5.78. The number of nitrogens with zero attached hydrogens (tertiary/aromatic N) is 2. The summed E-state index contributed by atoms with van der Waals surface area (Å²) in [6.07, 6.45) is 2.77. The maximum absolute atomic E-state index is 6.02. The minimum Gasteiger partial charge on any atom is -0.491 e. The second-order valence-corrected chi connectivity index (χ2v) is 6.90. The van der Waals surface area contributed by atoms with Gasteiger partial charge in [-0.3, -0.25) is 5.10 Å². The van der Waals surface area contributed by atoms with Gasteiger partial charge in [0.15, 0.2) is 0 Å². The molecule has 0 aliphatic carbocycles. The zero-order valence-electron chi connectivity index (χ0n) is 13.4. The second kappa shape index (κ2) is 6.88. The molecular weight excluding hydrogens is 326 g/mol. The summed E-state index contributed by atoms with van der Waals surface area (Å²) >= 11 is 1.60. The molecule has 0 saturated carbocycles. The third kappa shape index (κ3) is 3.28. The summed E-state index contributed by atoms with van der Waals surface area (Å²) < 4.78 is 17.2. The summed E-state index contributed by atoms with van der Waals surface area (Å²) in [6.45, 7) is 4.36. The van der Waals surface area contributed by atoms with Gasteiger partial charge in [-0.15, -0.1) is 11.3 Å². The van der Waals surface area contributed by atoms with Gasteiger partial charge in [0.2, 0.25) is 0 Å². The van der Waals surface area contributed by atoms with Crippen molar-refractivity contribution in [2.24, 2.45) is 0 Å². The number of thiazole rings is 1. The molecule has 126 valence electrons. The van der Waals surface area contributed by atoms with Crippen molar-refractivity contribution in [3.63, 3.8) is 0 Å². The van der Waals surface area contributed by atoms with Crippen molar-refractivity contribution in [3.05, 3.63) is 29.4 Å². The fourth-order valence-corrected chi connectivity index (χ4v) is 3.52. The van der Waals surface area contributed by atoms with Gasteiger partial charge in [0.05, 0.1) is 42.9 Å². The van der Waals surface area contributed by atoms with Crippen molar-refractivity contribution >= 4 is 22.2 Å². The molecule has 0 spiro atoms. The minimum absolute atomic E-state index is 0.0848. The Morgan fingerprint density at radius 2 is 2.12 bits per heavy atom. The molecule has 7 heteroatoms. The summed E-state index contributed by atoms with van der Waals surface area (Å²) in [5.41, 5.74) is 1.89. The zero-order chi connectivity index (χ0) is 16.4. The van der Waals surface area contributed by atoms with E-state index in [0.717, 1.165) is 38.7 Å². The molecule has 6 nitrogen and oxygen atoms in total. The molecule has 4 rings (SSSR count). The third-order valence-electron chi connectivity index (χ3n) is 3.92. The van der Waals surface area contributed by atoms with E-state index in [1.54, 1.807) is 11.3 Å². The van der Waals surface area contributed by atoms with Gasteiger partial charge in [0, 0.05) is 18.0 Å². The Morgan fingerprint density at radius 3 is 3.08 bits per heavy atom. The molecule has 1 atom stereocenters. The van der Waals surface area contributed by atoms with Gasteiger partial charge in [-0.25, -0.2) is 4.98 Å². The number of H-pyrrole nitrogens is 1. The van der Waals surface area contributed by atoms with Crippen LogP contribution in [-0.2, 0) is 16.1 Å². The maximum atomic E-state index is 6.02. The van der Waals surface area contributed by atoms with E-state index in [1.807, 2.05) is 24.4 Å². The highest BCUT2D eigenvalue weighted by molar-refractivity contribution is 7.15. The predicted molar refractivity (Wildman–Crippen MR) is 92.4 cm³/mol. The van der Waals surface area contributed by atoms with Gasteiger partial charge < -0.3 is 14.2 Å². The fraction of sp³-hybridized carbons (Fsp3) is 0.412. The van der Waals surface area contributed by atoms with Crippen LogP contribution in [0.4, 0.5) is 0 Å². The van der Waals surface area contributed by atoms with Crippen LogP contribution in [0.25, 0.3) is 21.5 Å². The predicted octanol–water partition coefficient (Wildman–Crippen LogP) is 3.39. The fourth-order valence-electron chi connectivity index (χ4n) is 2.66. The standard InChI is InChI=1S/C17H19N3O3S/c1-11-4-5-21-6-7-22-10-16-18-9-15(24-16)17-13-8-12(23-11)2-3-14(13)19-20-17/h2-3,8-9,11H,4-7,10H2,1H3,(H,19,20)/t11-/m0/s1. The van der Waals surface area contributed by atoms with Gasteiger partial charge in [-0.2, -0.15) is 5.10 Å². The number of hydrogen-bond donors (Lipinski definition) is 1. The van der Waals surface area contributed by atoms with Gasteiger partial charge in [-0.05, 0) is 25.1 Å². The summed E-state index contributed by atoms with van der Waals surface area (Å²) in [4.78, 5) is 5.45. The zero-order valence-corrected chi connectivity index (χ0v) is 14.3. The molecule has 0 saturated heterocycles. The molecule has 24 heavy (non-hydrogen) atoms. The average Bonchev–Trinajstić information content (AvgIpc) is 3.19. The van der Waals surface area contributed by atoms with Crippen LogP contribution < -0.4 is 4.74 Å². The van der Waals surface area contributed by atoms with Crippen LogP contribution in [0.15, 0.2) is 24.4 Å². The van der Waals surface area contributed by atoms with E-state index >= 15 is 0 Å². The van der Waals surface area contributed by atoms with Gasteiger partial charge in [-0.1, -0.05) is 0 Å². The highest BCUT2D eigenvalue weighted by Crippen LogP contribution is 2.33. The molecule has 0 fully saturated rings. The van der Waals surface area contributed by atoms with Crippen LogP contribution >= 0.6 is 11.3 Å². The molecule has 3 heterocycles. The SMILES string of the molecule is C[C@H]1CCOCCOCc2ncc(s2)-c2n[nH]c3ccc(cc23)O1. The van der Waals surface area contributed by atoms with E-state index in [0.29, 0.717) is 26.4 Å². The number of benzene rings is 1. The number of rotatable bonds is 0. The molecule has 2 aromatic heterocycles. The Labute approximate surface area is 143 Å². The Kier molecular flexibility index (Phi) is 4.46. The van der Waals surface area contributed by atoms with E-state index in [4.69, 9.17) is 14.2 Å². The number of ether oxygens (including phenoxy) is 3. The van der Waals surface area contributed by atoms with Crippen molar-refractivity contribution in [3.8, 4) is 16.3 Å². The quantitative estimate of drug-likeness (QED) is 0.676. The molecular formula is C17H19N3O3S. The van der Waals surface area contributed by atoms with E-state index in [1.165, 1.54) is 0 Å². The third-order valence-corrected chi connectivity index (χ3v) is 4.90. The van der Waals surface area contributed by atoms with Crippen molar-refractivity contribution in [1.29, 1.82) is 0 Å². The normalized spacial score (nSPS) is 19.5. The number of hydrogen-bond acceptors (Lipinski definition) is 6. The largest absolute Gasteiger partial charge is 0.491 e. The molecule has 0 amide bonds. The smallest absolute Gasteiger partial charge is 0.120 e. The van der Waals surface area contributed by atoms with Crippen LogP contribution in [0.5, 0.6) is 5.75 Å². The first kappa shape index (κ1) is 15.6. The van der Waals surface area contributed by atoms with E-state index in [2.05, 4.69) is 22.1 Å². The van der Waals surface area contributed by atoms with Crippen LogP contribution in [0, 0.1) is 0 Å². The number of aromatic nitrogens is 3. The minimum atomic E-state index is 0.0848. The number of nitrogens with one attached hydrogen (secondary N) is 1. The van der Waals surface area contributed by atoms with Gasteiger partial charge in [0.25, 0.3) is 0 Å². The lowest BCUT2D eigenvalue weighted by Gasteiger charge is -2.15. The van der Waals surface area contributed by atoms with Crippen LogP contribution in [-0.4, -0.2) is 41.1 Å². The maximum Gasteiger partial charge on any atom is 0.120 e. The Morgan fingerprint density at radius 1 is 1.21 bits per heavy atom. The Bertz CT molecular complexity index is 829. The van der Waals surface area contributed by atoms with Gasteiger partial charge in [0.1, 0.15) is 16.5 Å². The van der Waals surface area contributed by atoms with Gasteiger partial charge >= 0.3 is 0 Å². The lowest BCUT2D eigenvalue weighted by molar-refractivity contribution is 0.0312. The van der Waals surface area contributed by atoms with Crippen LogP contribution in [0.3, 0.4) is 0 Å². The van der Waals surface area contributed by atoms with Crippen LogP contribution in [0.2, 0.25) is 0 Å². The lowest BCUT2D eigenvalue weighted by atomic mass is 10.2. The molecule has 1 aliphatic heterocycles. The van der Waals surface area contributed by atoms with Crippen molar-refractivity contribution in [2.75, 3.05) is 19.8 Å². The number of fused-ring (bicyclic) bond motifs is 4. The molecule has 4 bridgehead atoms. The van der Waals surface area contributed by atoms with Crippen LogP contribution in [0.1, 0.15) is 18.4 Å². The Hall–Kier alpha value is -1.96. The monoisotopic (exact) mass is 345 g/mol. The van der Waals surface area contributed by atoms with Crippen molar-refractivity contribution in [2.45, 2.75) is 26.1 Å². The lowest BCUT2D eigenvalue weighted by Crippen LogP contribution is -2.15. The first-order valence-corrected chi connectivity index (χ1v) is 8.86. The molecule has 0 radical (unpaired) electrons. The number of aromatic amines is 1. The first-order chi connectivity index (χ1) is 11.8. The summed E-state index contributed by atoms with van der Waals surface area (Å²) in [5.74, 6) is 0.845. The van der Waals surface area contributed by atoms with E-state index in [-0.39, 0.29) is 6.10 Å².